The summed E-state index contributed by atoms with van der Waals surface area (Å²) < 4.78 is 28.0. The number of hydrogen-bond acceptors (Lipinski definition) is 4. The summed E-state index contributed by atoms with van der Waals surface area (Å²) in [7, 11) is -3.63. The smallest absolute Gasteiger partial charge is 0.243 e. The van der Waals surface area contributed by atoms with Crippen LogP contribution in [0.2, 0.25) is 0 Å². The summed E-state index contributed by atoms with van der Waals surface area (Å²) in [6.45, 7) is 4.29. The summed E-state index contributed by atoms with van der Waals surface area (Å²) in [5, 5.41) is 0.820. The highest BCUT2D eigenvalue weighted by Crippen LogP contribution is 2.22. The second-order valence-corrected chi connectivity index (χ2v) is 7.22. The molecule has 1 heterocycles. The van der Waals surface area contributed by atoms with Gasteiger partial charge in [-0.3, -0.25) is 4.98 Å². The SMILES string of the molecule is CCCCC(CN)NS(=O)(=O)c1cccc2cc(C)cnc12. The number of hydrogen-bond donors (Lipinski definition) is 2. The number of sulfonamides is 1. The zero-order valence-electron chi connectivity index (χ0n) is 13.0. The van der Waals surface area contributed by atoms with E-state index in [1.54, 1.807) is 18.3 Å². The van der Waals surface area contributed by atoms with Crippen LogP contribution in [0.25, 0.3) is 10.9 Å². The fourth-order valence-electron chi connectivity index (χ4n) is 2.42. The van der Waals surface area contributed by atoms with Gasteiger partial charge in [-0.15, -0.1) is 0 Å². The van der Waals surface area contributed by atoms with E-state index in [-0.39, 0.29) is 17.5 Å². The van der Waals surface area contributed by atoms with Crippen LogP contribution in [-0.2, 0) is 10.0 Å². The minimum absolute atomic E-state index is 0.208. The van der Waals surface area contributed by atoms with Crippen LogP contribution in [0.5, 0.6) is 0 Å². The molecule has 1 atom stereocenters. The van der Waals surface area contributed by atoms with E-state index in [1.807, 2.05) is 19.1 Å². The Bertz CT molecular complexity index is 744. The number of nitrogens with zero attached hydrogens (tertiary/aromatic N) is 1. The van der Waals surface area contributed by atoms with Crippen molar-refractivity contribution in [3.05, 3.63) is 36.0 Å². The van der Waals surface area contributed by atoms with Crippen molar-refractivity contribution in [2.45, 2.75) is 44.0 Å². The Morgan fingerprint density at radius 1 is 1.36 bits per heavy atom. The van der Waals surface area contributed by atoms with Crippen LogP contribution in [0.4, 0.5) is 0 Å². The first-order valence-electron chi connectivity index (χ1n) is 7.55. The molecule has 22 heavy (non-hydrogen) atoms. The van der Waals surface area contributed by atoms with Gasteiger partial charge in [0.15, 0.2) is 0 Å². The number of nitrogens with two attached hydrogens (primary N) is 1. The number of fused-ring (bicyclic) bond motifs is 1. The van der Waals surface area contributed by atoms with Crippen LogP contribution in [0, 0.1) is 6.92 Å². The molecule has 0 aliphatic carbocycles. The molecule has 0 amide bonds. The Morgan fingerprint density at radius 3 is 2.82 bits per heavy atom. The number of benzene rings is 1. The van der Waals surface area contributed by atoms with E-state index in [1.165, 1.54) is 0 Å². The first kappa shape index (κ1) is 16.9. The second-order valence-electron chi connectivity index (χ2n) is 5.54. The Morgan fingerprint density at radius 2 is 2.14 bits per heavy atom. The van der Waals surface area contributed by atoms with Gasteiger partial charge in [-0.05, 0) is 31.0 Å². The molecule has 3 N–H and O–H groups in total. The van der Waals surface area contributed by atoms with Crippen LogP contribution < -0.4 is 10.5 Å². The summed E-state index contributed by atoms with van der Waals surface area (Å²) in [6.07, 6.45) is 4.37. The molecule has 1 unspecified atom stereocenters. The molecular weight excluding hydrogens is 298 g/mol. The van der Waals surface area contributed by atoms with Gasteiger partial charge in [-0.25, -0.2) is 13.1 Å². The van der Waals surface area contributed by atoms with Gasteiger partial charge in [0, 0.05) is 24.2 Å². The summed E-state index contributed by atoms with van der Waals surface area (Å²) in [5.74, 6) is 0. The fraction of sp³-hybridized carbons (Fsp3) is 0.438. The van der Waals surface area contributed by atoms with E-state index in [4.69, 9.17) is 5.73 Å². The van der Waals surface area contributed by atoms with Crippen LogP contribution in [0.3, 0.4) is 0 Å². The highest BCUT2D eigenvalue weighted by atomic mass is 32.2. The van der Waals surface area contributed by atoms with Gasteiger partial charge in [0.2, 0.25) is 10.0 Å². The molecule has 0 saturated heterocycles. The Hall–Kier alpha value is -1.50. The summed E-state index contributed by atoms with van der Waals surface area (Å²) in [4.78, 5) is 4.50. The highest BCUT2D eigenvalue weighted by Gasteiger charge is 2.21. The fourth-order valence-corrected chi connectivity index (χ4v) is 3.88. The van der Waals surface area contributed by atoms with E-state index in [0.717, 1.165) is 30.2 Å². The van der Waals surface area contributed by atoms with E-state index in [0.29, 0.717) is 5.52 Å². The molecule has 1 aromatic heterocycles. The van der Waals surface area contributed by atoms with Crippen molar-refractivity contribution in [2.75, 3.05) is 6.54 Å². The average Bonchev–Trinajstić information content (AvgIpc) is 2.50. The standard InChI is InChI=1S/C16H23N3O2S/c1-3-4-7-14(10-17)19-22(20,21)15-8-5-6-13-9-12(2)11-18-16(13)15/h5-6,8-9,11,14,19H,3-4,7,10,17H2,1-2H3. The first-order chi connectivity index (χ1) is 10.5. The Balaban J connectivity index is 2.37. The topological polar surface area (TPSA) is 85.1 Å². The molecule has 0 aliphatic heterocycles. The molecule has 0 saturated carbocycles. The molecule has 5 nitrogen and oxygen atoms in total. The monoisotopic (exact) mass is 321 g/mol. The molecule has 2 aromatic rings. The Labute approximate surface area is 132 Å². The second kappa shape index (κ2) is 7.17. The van der Waals surface area contributed by atoms with Crippen LogP contribution in [0.15, 0.2) is 35.4 Å². The molecule has 120 valence electrons. The van der Waals surface area contributed by atoms with Crippen molar-refractivity contribution in [1.82, 2.24) is 9.71 Å². The van der Waals surface area contributed by atoms with E-state index < -0.39 is 10.0 Å². The molecule has 0 bridgehead atoms. The minimum Gasteiger partial charge on any atom is -0.329 e. The largest absolute Gasteiger partial charge is 0.329 e. The lowest BCUT2D eigenvalue weighted by atomic mass is 10.1. The maximum absolute atomic E-state index is 12.7. The zero-order chi connectivity index (χ0) is 16.2. The molecule has 2 rings (SSSR count). The first-order valence-corrected chi connectivity index (χ1v) is 9.04. The van der Waals surface area contributed by atoms with Gasteiger partial charge in [0.1, 0.15) is 4.90 Å². The molecule has 0 radical (unpaired) electrons. The summed E-state index contributed by atoms with van der Waals surface area (Å²) >= 11 is 0. The normalized spacial score (nSPS) is 13.4. The summed E-state index contributed by atoms with van der Waals surface area (Å²) in [6, 6.07) is 6.87. The quantitative estimate of drug-likeness (QED) is 0.819. The predicted molar refractivity (Wildman–Crippen MR) is 89.2 cm³/mol. The van der Waals surface area contributed by atoms with Crippen molar-refractivity contribution in [1.29, 1.82) is 0 Å². The molecule has 0 spiro atoms. The van der Waals surface area contributed by atoms with Crippen molar-refractivity contribution in [3.8, 4) is 0 Å². The minimum atomic E-state index is -3.63. The van der Waals surface area contributed by atoms with Gasteiger partial charge in [-0.1, -0.05) is 31.9 Å². The van der Waals surface area contributed by atoms with Gasteiger partial charge in [-0.2, -0.15) is 0 Å². The van der Waals surface area contributed by atoms with Crippen molar-refractivity contribution in [3.63, 3.8) is 0 Å². The highest BCUT2D eigenvalue weighted by molar-refractivity contribution is 7.89. The van der Waals surface area contributed by atoms with E-state index >= 15 is 0 Å². The molecule has 0 fully saturated rings. The zero-order valence-corrected chi connectivity index (χ0v) is 13.9. The number of rotatable bonds is 7. The number of aromatic nitrogens is 1. The Kier molecular flexibility index (Phi) is 5.50. The molecule has 0 aliphatic rings. The van der Waals surface area contributed by atoms with E-state index in [2.05, 4.69) is 16.6 Å². The van der Waals surface area contributed by atoms with Gasteiger partial charge >= 0.3 is 0 Å². The van der Waals surface area contributed by atoms with Gasteiger partial charge < -0.3 is 5.73 Å². The molecular formula is C16H23N3O2S. The van der Waals surface area contributed by atoms with Gasteiger partial charge in [0.25, 0.3) is 0 Å². The van der Waals surface area contributed by atoms with Crippen LogP contribution in [-0.4, -0.2) is 26.0 Å². The third kappa shape index (κ3) is 3.82. The van der Waals surface area contributed by atoms with Crippen molar-refractivity contribution >= 4 is 20.9 Å². The number of unbranched alkanes of at least 4 members (excludes halogenated alkanes) is 1. The number of nitrogens with one attached hydrogen (secondary N) is 1. The maximum Gasteiger partial charge on any atom is 0.243 e. The molecule has 6 heteroatoms. The van der Waals surface area contributed by atoms with Crippen molar-refractivity contribution in [2.24, 2.45) is 5.73 Å². The lowest BCUT2D eigenvalue weighted by Gasteiger charge is -2.17. The average molecular weight is 321 g/mol. The van der Waals surface area contributed by atoms with E-state index in [9.17, 15) is 8.42 Å². The predicted octanol–water partition coefficient (Wildman–Crippen LogP) is 2.34. The lowest BCUT2D eigenvalue weighted by molar-refractivity contribution is 0.516. The number of aryl methyl sites for hydroxylation is 1. The van der Waals surface area contributed by atoms with Crippen LogP contribution in [0.1, 0.15) is 31.7 Å². The lowest BCUT2D eigenvalue weighted by Crippen LogP contribution is -2.40. The molecule has 1 aromatic carbocycles. The van der Waals surface area contributed by atoms with Crippen LogP contribution >= 0.6 is 0 Å². The van der Waals surface area contributed by atoms with Crippen molar-refractivity contribution < 1.29 is 8.42 Å². The van der Waals surface area contributed by atoms with Gasteiger partial charge in [0.05, 0.1) is 5.52 Å². The number of para-hydroxylation sites is 1. The number of pyridine rings is 1. The maximum atomic E-state index is 12.7. The third-order valence-electron chi connectivity index (χ3n) is 3.61. The summed E-state index contributed by atoms with van der Waals surface area (Å²) in [5.41, 5.74) is 7.18. The third-order valence-corrected chi connectivity index (χ3v) is 5.16.